The highest BCUT2D eigenvalue weighted by molar-refractivity contribution is 5.79. The van der Waals surface area contributed by atoms with Crippen LogP contribution >= 0.6 is 0 Å². The lowest BCUT2D eigenvalue weighted by molar-refractivity contribution is -0.131. The van der Waals surface area contributed by atoms with Crippen molar-refractivity contribution in [2.45, 2.75) is 27.2 Å². The smallest absolute Gasteiger partial charge is 0.327 e. The summed E-state index contributed by atoms with van der Waals surface area (Å²) in [5, 5.41) is 8.31. The van der Waals surface area contributed by atoms with Crippen molar-refractivity contribution in [1.82, 2.24) is 0 Å². The lowest BCUT2D eigenvalue weighted by atomic mass is 9.99. The van der Waals surface area contributed by atoms with Crippen LogP contribution in [-0.4, -0.2) is 11.1 Å². The van der Waals surface area contributed by atoms with Gasteiger partial charge in [-0.1, -0.05) is 26.8 Å². The monoisotopic (exact) mass is 156 g/mol. The molecule has 0 fully saturated rings. The number of aliphatic carboxylic acids is 1. The molecule has 0 spiro atoms. The predicted octanol–water partition coefficient (Wildman–Crippen LogP) is 2.31. The molecule has 1 atom stereocenters. The molecule has 0 amide bonds. The van der Waals surface area contributed by atoms with Gasteiger partial charge in [-0.2, -0.15) is 0 Å². The van der Waals surface area contributed by atoms with Crippen LogP contribution in [0.25, 0.3) is 0 Å². The van der Waals surface area contributed by atoms with Gasteiger partial charge in [0.15, 0.2) is 0 Å². The Labute approximate surface area is 67.9 Å². The van der Waals surface area contributed by atoms with Crippen LogP contribution in [0.3, 0.4) is 0 Å². The van der Waals surface area contributed by atoms with E-state index in [4.69, 9.17) is 5.11 Å². The van der Waals surface area contributed by atoms with Crippen LogP contribution in [0.4, 0.5) is 0 Å². The van der Waals surface area contributed by atoms with Crippen molar-refractivity contribution in [1.29, 1.82) is 0 Å². The largest absolute Gasteiger partial charge is 0.478 e. The molecule has 0 aliphatic rings. The fourth-order valence-electron chi connectivity index (χ4n) is 1.07. The van der Waals surface area contributed by atoms with E-state index in [0.717, 1.165) is 6.42 Å². The van der Waals surface area contributed by atoms with Crippen molar-refractivity contribution < 1.29 is 9.90 Å². The number of hydrogen-bond donors (Lipinski definition) is 1. The van der Waals surface area contributed by atoms with Gasteiger partial charge in [-0.3, -0.25) is 0 Å². The Kier molecular flexibility index (Phi) is 4.59. The first-order valence-electron chi connectivity index (χ1n) is 3.93. The summed E-state index contributed by atoms with van der Waals surface area (Å²) in [5.74, 6) is 0.134. The van der Waals surface area contributed by atoms with Gasteiger partial charge in [0.05, 0.1) is 0 Å². The van der Waals surface area contributed by atoms with Gasteiger partial charge < -0.3 is 5.11 Å². The third-order valence-electron chi connectivity index (χ3n) is 1.41. The highest BCUT2D eigenvalue weighted by atomic mass is 16.4. The van der Waals surface area contributed by atoms with E-state index in [1.165, 1.54) is 6.08 Å². The summed E-state index contributed by atoms with van der Waals surface area (Å²) in [7, 11) is 0. The molecule has 0 aliphatic heterocycles. The zero-order chi connectivity index (χ0) is 8.85. The predicted molar refractivity (Wildman–Crippen MR) is 45.4 cm³/mol. The van der Waals surface area contributed by atoms with Crippen molar-refractivity contribution in [2.24, 2.45) is 11.8 Å². The van der Waals surface area contributed by atoms with Crippen LogP contribution in [0.2, 0.25) is 0 Å². The third-order valence-corrected chi connectivity index (χ3v) is 1.41. The zero-order valence-electron chi connectivity index (χ0n) is 7.37. The van der Waals surface area contributed by atoms with E-state index < -0.39 is 5.97 Å². The van der Waals surface area contributed by atoms with Crippen LogP contribution < -0.4 is 0 Å². The Bertz CT molecular complexity index is 148. The van der Waals surface area contributed by atoms with Crippen molar-refractivity contribution >= 4 is 5.97 Å². The Morgan fingerprint density at radius 1 is 1.45 bits per heavy atom. The highest BCUT2D eigenvalue weighted by Gasteiger charge is 2.00. The molecule has 2 heteroatoms. The minimum absolute atomic E-state index is 0.367. The first-order chi connectivity index (χ1) is 5.02. The van der Waals surface area contributed by atoms with Crippen LogP contribution in [-0.2, 0) is 4.79 Å². The van der Waals surface area contributed by atoms with E-state index in [1.807, 2.05) is 6.92 Å². The number of carboxylic acid groups (broad SMARTS) is 1. The first-order valence-corrected chi connectivity index (χ1v) is 3.93. The van der Waals surface area contributed by atoms with Crippen molar-refractivity contribution in [2.75, 3.05) is 0 Å². The summed E-state index contributed by atoms with van der Waals surface area (Å²) in [6, 6.07) is 0. The van der Waals surface area contributed by atoms with E-state index in [2.05, 4.69) is 13.8 Å². The molecule has 64 valence electrons. The molecule has 0 rings (SSSR count). The maximum Gasteiger partial charge on any atom is 0.327 e. The zero-order valence-corrected chi connectivity index (χ0v) is 7.37. The quantitative estimate of drug-likeness (QED) is 0.634. The van der Waals surface area contributed by atoms with Gasteiger partial charge in [-0.05, 0) is 18.3 Å². The molecule has 0 aromatic heterocycles. The molecule has 0 aromatic rings. The second kappa shape index (κ2) is 4.94. The summed E-state index contributed by atoms with van der Waals surface area (Å²) in [6.07, 6.45) is 4.00. The standard InChI is InChI=1S/C9H16O2/c1-7(2)6-8(3)4-5-9(10)11/h4-5,7-8H,6H2,1-3H3,(H,10,11)/b5-4+. The molecule has 1 unspecified atom stereocenters. The van der Waals surface area contributed by atoms with Crippen molar-refractivity contribution in [3.8, 4) is 0 Å². The van der Waals surface area contributed by atoms with Gasteiger partial charge in [0.2, 0.25) is 0 Å². The van der Waals surface area contributed by atoms with Gasteiger partial charge in [-0.15, -0.1) is 0 Å². The fraction of sp³-hybridized carbons (Fsp3) is 0.667. The minimum atomic E-state index is -0.861. The minimum Gasteiger partial charge on any atom is -0.478 e. The summed E-state index contributed by atoms with van der Waals surface area (Å²) in [6.45, 7) is 6.29. The summed E-state index contributed by atoms with van der Waals surface area (Å²) in [5.41, 5.74) is 0. The second-order valence-corrected chi connectivity index (χ2v) is 3.30. The van der Waals surface area contributed by atoms with Crippen molar-refractivity contribution in [3.63, 3.8) is 0 Å². The SMILES string of the molecule is CC(C)CC(C)/C=C/C(=O)O. The van der Waals surface area contributed by atoms with E-state index in [0.29, 0.717) is 11.8 Å². The molecule has 0 heterocycles. The summed E-state index contributed by atoms with van der Waals surface area (Å²) in [4.78, 5) is 10.1. The van der Waals surface area contributed by atoms with Crippen LogP contribution in [0, 0.1) is 11.8 Å². The van der Waals surface area contributed by atoms with Crippen LogP contribution in [0.15, 0.2) is 12.2 Å². The number of hydrogen-bond acceptors (Lipinski definition) is 1. The molecule has 2 nitrogen and oxygen atoms in total. The molecular weight excluding hydrogens is 140 g/mol. The van der Waals surface area contributed by atoms with Crippen LogP contribution in [0.5, 0.6) is 0 Å². The Hall–Kier alpha value is -0.790. The van der Waals surface area contributed by atoms with Crippen LogP contribution in [0.1, 0.15) is 27.2 Å². The van der Waals surface area contributed by atoms with E-state index in [-0.39, 0.29) is 0 Å². The topological polar surface area (TPSA) is 37.3 Å². The van der Waals surface area contributed by atoms with E-state index in [9.17, 15) is 4.79 Å². The Morgan fingerprint density at radius 2 is 2.00 bits per heavy atom. The van der Waals surface area contributed by atoms with E-state index in [1.54, 1.807) is 6.08 Å². The number of rotatable bonds is 4. The fourth-order valence-corrected chi connectivity index (χ4v) is 1.07. The Balaban J connectivity index is 3.68. The van der Waals surface area contributed by atoms with Gasteiger partial charge in [0.25, 0.3) is 0 Å². The summed E-state index contributed by atoms with van der Waals surface area (Å²) < 4.78 is 0. The average Bonchev–Trinajstić information content (AvgIpc) is 1.82. The normalized spacial score (nSPS) is 14.2. The maximum atomic E-state index is 10.1. The molecule has 0 aliphatic carbocycles. The van der Waals surface area contributed by atoms with Gasteiger partial charge in [0, 0.05) is 6.08 Å². The number of carboxylic acids is 1. The van der Waals surface area contributed by atoms with E-state index >= 15 is 0 Å². The average molecular weight is 156 g/mol. The second-order valence-electron chi connectivity index (χ2n) is 3.30. The van der Waals surface area contributed by atoms with Gasteiger partial charge >= 0.3 is 5.97 Å². The van der Waals surface area contributed by atoms with Gasteiger partial charge in [-0.25, -0.2) is 4.79 Å². The molecule has 0 bridgehead atoms. The third kappa shape index (κ3) is 7.10. The lowest BCUT2D eigenvalue weighted by Crippen LogP contribution is -1.97. The Morgan fingerprint density at radius 3 is 2.36 bits per heavy atom. The number of carbonyl (C=O) groups is 1. The molecule has 0 saturated heterocycles. The van der Waals surface area contributed by atoms with Gasteiger partial charge in [0.1, 0.15) is 0 Å². The van der Waals surface area contributed by atoms with Crippen molar-refractivity contribution in [3.05, 3.63) is 12.2 Å². The molecule has 0 radical (unpaired) electrons. The molecule has 0 aromatic carbocycles. The number of allylic oxidation sites excluding steroid dienone is 1. The highest BCUT2D eigenvalue weighted by Crippen LogP contribution is 2.11. The first kappa shape index (κ1) is 10.2. The molecular formula is C9H16O2. The lowest BCUT2D eigenvalue weighted by Gasteiger charge is -2.07. The summed E-state index contributed by atoms with van der Waals surface area (Å²) >= 11 is 0. The maximum absolute atomic E-state index is 10.1. The molecule has 0 saturated carbocycles. The molecule has 11 heavy (non-hydrogen) atoms. The molecule has 1 N–H and O–H groups in total.